The minimum atomic E-state index is 0.418. The molecule has 0 aliphatic heterocycles. The maximum Gasteiger partial charge on any atom is 0.0519 e. The van der Waals surface area contributed by atoms with Crippen LogP contribution in [0.2, 0.25) is 0 Å². The van der Waals surface area contributed by atoms with E-state index in [1.54, 1.807) is 0 Å². The third-order valence-corrected chi connectivity index (χ3v) is 5.00. The van der Waals surface area contributed by atoms with Crippen molar-refractivity contribution in [1.29, 1.82) is 0 Å². The van der Waals surface area contributed by atoms with Crippen molar-refractivity contribution in [2.75, 3.05) is 5.32 Å². The first-order valence-corrected chi connectivity index (χ1v) is 8.55. The van der Waals surface area contributed by atoms with E-state index < -0.39 is 0 Å². The Labute approximate surface area is 135 Å². The molecule has 0 amide bonds. The second kappa shape index (κ2) is 6.23. The number of hydrogen-bond acceptors (Lipinski definition) is 1. The fourth-order valence-electron chi connectivity index (χ4n) is 3.34. The molecule has 0 saturated heterocycles. The van der Waals surface area contributed by atoms with Gasteiger partial charge in [0.25, 0.3) is 0 Å². The number of hydrogen-bond donors (Lipinski definition) is 1. The highest BCUT2D eigenvalue weighted by atomic mass is 79.9. The van der Waals surface area contributed by atoms with Crippen molar-refractivity contribution in [3.05, 3.63) is 63.1 Å². The summed E-state index contributed by atoms with van der Waals surface area (Å²) in [6, 6.07) is 13.8. The lowest BCUT2D eigenvalue weighted by molar-refractivity contribution is 0.643. The Morgan fingerprint density at radius 2 is 1.90 bits per heavy atom. The topological polar surface area (TPSA) is 12.0 Å². The molecule has 1 nitrogen and oxygen atoms in total. The summed E-state index contributed by atoms with van der Waals surface area (Å²) >= 11 is 3.72. The third kappa shape index (κ3) is 3.16. The van der Waals surface area contributed by atoms with Gasteiger partial charge in [-0.2, -0.15) is 0 Å². The molecule has 1 unspecified atom stereocenters. The van der Waals surface area contributed by atoms with E-state index >= 15 is 0 Å². The molecule has 21 heavy (non-hydrogen) atoms. The zero-order chi connectivity index (χ0) is 14.8. The van der Waals surface area contributed by atoms with Crippen LogP contribution < -0.4 is 5.32 Å². The molecule has 2 aromatic rings. The molecule has 1 aliphatic rings. The number of nitrogens with one attached hydrogen (secondary N) is 1. The van der Waals surface area contributed by atoms with Crippen molar-refractivity contribution >= 4 is 21.6 Å². The number of benzene rings is 2. The van der Waals surface area contributed by atoms with Gasteiger partial charge in [0.2, 0.25) is 0 Å². The van der Waals surface area contributed by atoms with Crippen molar-refractivity contribution in [3.63, 3.8) is 0 Å². The fourth-order valence-corrected chi connectivity index (χ4v) is 4.13. The summed E-state index contributed by atoms with van der Waals surface area (Å²) in [7, 11) is 0. The van der Waals surface area contributed by atoms with Gasteiger partial charge in [-0.1, -0.05) is 36.8 Å². The molecule has 0 bridgehead atoms. The van der Waals surface area contributed by atoms with E-state index in [0.717, 1.165) is 0 Å². The summed E-state index contributed by atoms with van der Waals surface area (Å²) in [5.41, 5.74) is 6.83. The molecule has 1 N–H and O–H groups in total. The van der Waals surface area contributed by atoms with Crippen LogP contribution in [-0.4, -0.2) is 0 Å². The van der Waals surface area contributed by atoms with Crippen LogP contribution >= 0.6 is 15.9 Å². The van der Waals surface area contributed by atoms with Gasteiger partial charge in [0.1, 0.15) is 0 Å². The smallest absolute Gasteiger partial charge is 0.0519 e. The average molecular weight is 344 g/mol. The van der Waals surface area contributed by atoms with E-state index in [0.29, 0.717) is 6.04 Å². The molecule has 0 fully saturated rings. The van der Waals surface area contributed by atoms with E-state index in [2.05, 4.69) is 71.5 Å². The van der Waals surface area contributed by atoms with Crippen LogP contribution in [0.4, 0.5) is 5.69 Å². The lowest BCUT2D eigenvalue weighted by Gasteiger charge is -2.23. The average Bonchev–Trinajstić information content (AvgIpc) is 2.65. The summed E-state index contributed by atoms with van der Waals surface area (Å²) in [5, 5.41) is 3.79. The van der Waals surface area contributed by atoms with Gasteiger partial charge in [0, 0.05) is 4.47 Å². The van der Waals surface area contributed by atoms with Gasteiger partial charge in [-0.25, -0.2) is 0 Å². The summed E-state index contributed by atoms with van der Waals surface area (Å²) in [4.78, 5) is 0. The largest absolute Gasteiger partial charge is 0.377 e. The summed E-state index contributed by atoms with van der Waals surface area (Å²) in [5.74, 6) is 0. The molecule has 1 aliphatic carbocycles. The molecule has 2 aromatic carbocycles. The normalized spacial score (nSPS) is 18.0. The number of rotatable bonds is 2. The standard InChI is InChI=1S/C19H22BrN/c1-13-11-14(2)19(17(20)12-13)21-18-10-6-4-8-15-7-3-5-9-16(15)18/h3,5,7,9,11-12,18,21H,4,6,8,10H2,1-2H3. The molecular formula is C19H22BrN. The van der Waals surface area contributed by atoms with Crippen LogP contribution in [0.25, 0.3) is 0 Å². The molecule has 0 aromatic heterocycles. The summed E-state index contributed by atoms with van der Waals surface area (Å²) < 4.78 is 1.17. The quantitative estimate of drug-likeness (QED) is 0.664. The number of halogens is 1. The van der Waals surface area contributed by atoms with Crippen molar-refractivity contribution in [1.82, 2.24) is 0 Å². The van der Waals surface area contributed by atoms with E-state index in [9.17, 15) is 0 Å². The molecule has 110 valence electrons. The Morgan fingerprint density at radius 3 is 2.71 bits per heavy atom. The lowest BCUT2D eigenvalue weighted by atomic mass is 9.98. The van der Waals surface area contributed by atoms with Crippen molar-refractivity contribution in [2.45, 2.75) is 45.6 Å². The van der Waals surface area contributed by atoms with Gasteiger partial charge in [-0.05, 0) is 77.4 Å². The second-order valence-electron chi connectivity index (χ2n) is 6.08. The monoisotopic (exact) mass is 343 g/mol. The van der Waals surface area contributed by atoms with Crippen molar-refractivity contribution in [2.24, 2.45) is 0 Å². The molecule has 0 radical (unpaired) electrons. The van der Waals surface area contributed by atoms with E-state index in [1.807, 2.05) is 0 Å². The molecule has 0 saturated carbocycles. The number of anilines is 1. The Balaban J connectivity index is 1.95. The van der Waals surface area contributed by atoms with Crippen LogP contribution in [0.3, 0.4) is 0 Å². The first-order valence-electron chi connectivity index (χ1n) is 7.76. The van der Waals surface area contributed by atoms with Gasteiger partial charge < -0.3 is 5.32 Å². The Bertz CT molecular complexity index is 625. The predicted molar refractivity (Wildman–Crippen MR) is 94.0 cm³/mol. The van der Waals surface area contributed by atoms with E-state index in [-0.39, 0.29) is 0 Å². The molecule has 0 heterocycles. The van der Waals surface area contributed by atoms with Crippen LogP contribution in [0.1, 0.15) is 47.6 Å². The predicted octanol–water partition coefficient (Wildman–Crippen LogP) is 5.95. The van der Waals surface area contributed by atoms with Gasteiger partial charge in [-0.15, -0.1) is 0 Å². The van der Waals surface area contributed by atoms with Crippen LogP contribution in [0.15, 0.2) is 40.9 Å². The van der Waals surface area contributed by atoms with Crippen molar-refractivity contribution < 1.29 is 0 Å². The first-order chi connectivity index (χ1) is 10.1. The molecular weight excluding hydrogens is 322 g/mol. The van der Waals surface area contributed by atoms with Crippen LogP contribution in [0.5, 0.6) is 0 Å². The Hall–Kier alpha value is -1.28. The minimum Gasteiger partial charge on any atom is -0.377 e. The number of fused-ring (bicyclic) bond motifs is 1. The fraction of sp³-hybridized carbons (Fsp3) is 0.368. The van der Waals surface area contributed by atoms with Crippen molar-refractivity contribution in [3.8, 4) is 0 Å². The lowest BCUT2D eigenvalue weighted by Crippen LogP contribution is -2.12. The third-order valence-electron chi connectivity index (χ3n) is 4.37. The molecule has 1 atom stereocenters. The highest BCUT2D eigenvalue weighted by Gasteiger charge is 2.19. The minimum absolute atomic E-state index is 0.418. The van der Waals surface area contributed by atoms with Gasteiger partial charge >= 0.3 is 0 Å². The van der Waals surface area contributed by atoms with Crippen LogP contribution in [0, 0.1) is 13.8 Å². The van der Waals surface area contributed by atoms with Gasteiger partial charge in [-0.3, -0.25) is 0 Å². The number of aryl methyl sites for hydroxylation is 3. The second-order valence-corrected chi connectivity index (χ2v) is 6.93. The van der Waals surface area contributed by atoms with Crippen LogP contribution in [-0.2, 0) is 6.42 Å². The summed E-state index contributed by atoms with van der Waals surface area (Å²) in [6.45, 7) is 4.32. The molecule has 3 rings (SSSR count). The first kappa shape index (κ1) is 14.6. The SMILES string of the molecule is Cc1cc(C)c(NC2CCCCc3ccccc32)c(Br)c1. The zero-order valence-corrected chi connectivity index (χ0v) is 14.3. The van der Waals surface area contributed by atoms with E-state index in [4.69, 9.17) is 0 Å². The highest BCUT2D eigenvalue weighted by Crippen LogP contribution is 2.35. The van der Waals surface area contributed by atoms with Gasteiger partial charge in [0.15, 0.2) is 0 Å². The van der Waals surface area contributed by atoms with Gasteiger partial charge in [0.05, 0.1) is 11.7 Å². The Kier molecular flexibility index (Phi) is 4.34. The zero-order valence-electron chi connectivity index (χ0n) is 12.7. The highest BCUT2D eigenvalue weighted by molar-refractivity contribution is 9.10. The maximum atomic E-state index is 3.79. The Morgan fingerprint density at radius 1 is 1.10 bits per heavy atom. The maximum absolute atomic E-state index is 3.79. The molecule has 0 spiro atoms. The van der Waals surface area contributed by atoms with E-state index in [1.165, 1.54) is 58.1 Å². The molecule has 2 heteroatoms. The summed E-state index contributed by atoms with van der Waals surface area (Å²) in [6.07, 6.45) is 5.00.